The standard InChI is InChI=1S/C17H15N3O2/c1-11-6-5-7-12(10-11)18-16(21)15-13-8-3-4-9-14(13)17(22)20(2)19-15/h3-10H,1-2H3,(H,18,21). The molecule has 0 spiro atoms. The summed E-state index contributed by atoms with van der Waals surface area (Å²) in [4.78, 5) is 24.6. The van der Waals surface area contributed by atoms with Crippen molar-refractivity contribution in [1.82, 2.24) is 9.78 Å². The molecule has 0 atom stereocenters. The first-order valence-corrected chi connectivity index (χ1v) is 6.90. The van der Waals surface area contributed by atoms with Crippen LogP contribution in [0, 0.1) is 6.92 Å². The fourth-order valence-corrected chi connectivity index (χ4v) is 2.38. The number of carbonyl (C=O) groups is 1. The maximum atomic E-state index is 12.5. The molecule has 0 unspecified atom stereocenters. The SMILES string of the molecule is Cc1cccc(NC(=O)c2nn(C)c(=O)c3ccccc23)c1. The van der Waals surface area contributed by atoms with Crippen molar-refractivity contribution in [2.75, 3.05) is 5.32 Å². The number of aromatic nitrogens is 2. The van der Waals surface area contributed by atoms with E-state index in [1.165, 1.54) is 11.7 Å². The summed E-state index contributed by atoms with van der Waals surface area (Å²) in [5, 5.41) is 7.97. The van der Waals surface area contributed by atoms with Gasteiger partial charge in [0.15, 0.2) is 5.69 Å². The molecule has 0 saturated carbocycles. The van der Waals surface area contributed by atoms with Gasteiger partial charge in [0.2, 0.25) is 0 Å². The van der Waals surface area contributed by atoms with Crippen LogP contribution in [0.3, 0.4) is 0 Å². The lowest BCUT2D eigenvalue weighted by Crippen LogP contribution is -2.25. The van der Waals surface area contributed by atoms with E-state index in [1.807, 2.05) is 31.2 Å². The van der Waals surface area contributed by atoms with E-state index in [9.17, 15) is 9.59 Å². The third kappa shape index (κ3) is 2.48. The van der Waals surface area contributed by atoms with Gasteiger partial charge in [0.25, 0.3) is 11.5 Å². The molecule has 3 rings (SSSR count). The Balaban J connectivity index is 2.08. The second kappa shape index (κ2) is 5.44. The van der Waals surface area contributed by atoms with Crippen LogP contribution in [-0.2, 0) is 7.05 Å². The molecule has 0 fully saturated rings. The van der Waals surface area contributed by atoms with Crippen LogP contribution in [-0.4, -0.2) is 15.7 Å². The Hall–Kier alpha value is -2.95. The van der Waals surface area contributed by atoms with Gasteiger partial charge in [0.1, 0.15) is 0 Å². The largest absolute Gasteiger partial charge is 0.321 e. The molecule has 22 heavy (non-hydrogen) atoms. The van der Waals surface area contributed by atoms with Gasteiger partial charge in [-0.1, -0.05) is 30.3 Å². The summed E-state index contributed by atoms with van der Waals surface area (Å²) < 4.78 is 1.19. The van der Waals surface area contributed by atoms with Crippen molar-refractivity contribution in [2.24, 2.45) is 7.05 Å². The molecule has 2 aromatic carbocycles. The monoisotopic (exact) mass is 293 g/mol. The second-order valence-electron chi connectivity index (χ2n) is 5.15. The number of fused-ring (bicyclic) bond motifs is 1. The molecule has 1 N–H and O–H groups in total. The Morgan fingerprint density at radius 1 is 1.09 bits per heavy atom. The van der Waals surface area contributed by atoms with Crippen LogP contribution in [0.4, 0.5) is 5.69 Å². The molecule has 5 nitrogen and oxygen atoms in total. The number of rotatable bonds is 2. The summed E-state index contributed by atoms with van der Waals surface area (Å²) in [6.45, 7) is 1.95. The zero-order chi connectivity index (χ0) is 15.7. The number of carbonyl (C=O) groups excluding carboxylic acids is 1. The lowest BCUT2D eigenvalue weighted by Gasteiger charge is -2.09. The Kier molecular flexibility index (Phi) is 3.47. The number of hydrogen-bond acceptors (Lipinski definition) is 3. The normalized spacial score (nSPS) is 10.6. The minimum atomic E-state index is -0.336. The van der Waals surface area contributed by atoms with Crippen molar-refractivity contribution in [3.63, 3.8) is 0 Å². The first-order valence-electron chi connectivity index (χ1n) is 6.90. The number of anilines is 1. The highest BCUT2D eigenvalue weighted by molar-refractivity contribution is 6.11. The van der Waals surface area contributed by atoms with E-state index >= 15 is 0 Å². The Bertz CT molecular complexity index is 929. The molecular weight excluding hydrogens is 278 g/mol. The topological polar surface area (TPSA) is 64.0 Å². The maximum Gasteiger partial charge on any atom is 0.276 e. The van der Waals surface area contributed by atoms with Crippen LogP contribution < -0.4 is 10.9 Å². The first kappa shape index (κ1) is 14.0. The number of aryl methyl sites for hydroxylation is 2. The van der Waals surface area contributed by atoms with E-state index in [4.69, 9.17) is 0 Å². The van der Waals surface area contributed by atoms with Crippen molar-refractivity contribution in [1.29, 1.82) is 0 Å². The van der Waals surface area contributed by atoms with Gasteiger partial charge in [-0.3, -0.25) is 9.59 Å². The van der Waals surface area contributed by atoms with Crippen LogP contribution in [0.2, 0.25) is 0 Å². The predicted octanol–water partition coefficient (Wildman–Crippen LogP) is 2.49. The van der Waals surface area contributed by atoms with E-state index in [2.05, 4.69) is 10.4 Å². The highest BCUT2D eigenvalue weighted by atomic mass is 16.2. The summed E-state index contributed by atoms with van der Waals surface area (Å²) in [5.74, 6) is -0.336. The Labute approximate surface area is 127 Å². The predicted molar refractivity (Wildman–Crippen MR) is 86.1 cm³/mol. The summed E-state index contributed by atoms with van der Waals surface area (Å²) in [7, 11) is 1.54. The zero-order valence-electron chi connectivity index (χ0n) is 12.3. The van der Waals surface area contributed by atoms with Crippen molar-refractivity contribution in [3.8, 4) is 0 Å². The fraction of sp³-hybridized carbons (Fsp3) is 0.118. The lowest BCUT2D eigenvalue weighted by atomic mass is 10.1. The van der Waals surface area contributed by atoms with Crippen molar-refractivity contribution >= 4 is 22.4 Å². The third-order valence-electron chi connectivity index (χ3n) is 3.45. The van der Waals surface area contributed by atoms with Crippen LogP contribution in [0.1, 0.15) is 16.1 Å². The van der Waals surface area contributed by atoms with Gasteiger partial charge in [-0.2, -0.15) is 5.10 Å². The average Bonchev–Trinajstić information content (AvgIpc) is 2.51. The minimum Gasteiger partial charge on any atom is -0.321 e. The van der Waals surface area contributed by atoms with E-state index in [-0.39, 0.29) is 17.2 Å². The molecule has 1 amide bonds. The fourth-order valence-electron chi connectivity index (χ4n) is 2.38. The van der Waals surface area contributed by atoms with Crippen LogP contribution in [0.15, 0.2) is 53.3 Å². The molecule has 0 bridgehead atoms. The lowest BCUT2D eigenvalue weighted by molar-refractivity contribution is 0.102. The van der Waals surface area contributed by atoms with E-state index in [0.29, 0.717) is 16.5 Å². The number of hydrogen-bond donors (Lipinski definition) is 1. The van der Waals surface area contributed by atoms with E-state index in [0.717, 1.165) is 5.56 Å². The molecule has 0 radical (unpaired) electrons. The summed E-state index contributed by atoms with van der Waals surface area (Å²) in [6, 6.07) is 14.5. The first-order chi connectivity index (χ1) is 10.6. The summed E-state index contributed by atoms with van der Waals surface area (Å²) >= 11 is 0. The molecule has 110 valence electrons. The third-order valence-corrected chi connectivity index (χ3v) is 3.45. The van der Waals surface area contributed by atoms with Crippen LogP contribution >= 0.6 is 0 Å². The molecule has 0 saturated heterocycles. The molecule has 5 heteroatoms. The van der Waals surface area contributed by atoms with Gasteiger partial charge >= 0.3 is 0 Å². The number of nitrogens with one attached hydrogen (secondary N) is 1. The van der Waals surface area contributed by atoms with Gasteiger partial charge in [-0.05, 0) is 30.7 Å². The van der Waals surface area contributed by atoms with Crippen molar-refractivity contribution in [2.45, 2.75) is 6.92 Å². The van der Waals surface area contributed by atoms with Gasteiger partial charge < -0.3 is 5.32 Å². The molecule has 0 aliphatic carbocycles. The van der Waals surface area contributed by atoms with Gasteiger partial charge in [0, 0.05) is 18.1 Å². The van der Waals surface area contributed by atoms with Crippen LogP contribution in [0.25, 0.3) is 10.8 Å². The Morgan fingerprint density at radius 2 is 1.82 bits per heavy atom. The van der Waals surface area contributed by atoms with E-state index in [1.54, 1.807) is 24.3 Å². The number of nitrogens with zero attached hydrogens (tertiary/aromatic N) is 2. The molecule has 1 aromatic heterocycles. The van der Waals surface area contributed by atoms with Crippen molar-refractivity contribution < 1.29 is 4.79 Å². The number of benzene rings is 2. The van der Waals surface area contributed by atoms with Crippen molar-refractivity contribution in [3.05, 3.63) is 70.1 Å². The number of amides is 1. The van der Waals surface area contributed by atoms with Crippen LogP contribution in [0.5, 0.6) is 0 Å². The quantitative estimate of drug-likeness (QED) is 0.789. The highest BCUT2D eigenvalue weighted by Gasteiger charge is 2.15. The zero-order valence-corrected chi connectivity index (χ0v) is 12.3. The molecule has 0 aliphatic rings. The van der Waals surface area contributed by atoms with Gasteiger partial charge in [-0.15, -0.1) is 0 Å². The molecule has 0 aliphatic heterocycles. The second-order valence-corrected chi connectivity index (χ2v) is 5.15. The molecular formula is C17H15N3O2. The summed E-state index contributed by atoms with van der Waals surface area (Å²) in [5.41, 5.74) is 1.77. The highest BCUT2D eigenvalue weighted by Crippen LogP contribution is 2.16. The maximum absolute atomic E-state index is 12.5. The minimum absolute atomic E-state index is 0.220. The van der Waals surface area contributed by atoms with Gasteiger partial charge in [-0.25, -0.2) is 4.68 Å². The molecule has 1 heterocycles. The smallest absolute Gasteiger partial charge is 0.276 e. The Morgan fingerprint density at radius 3 is 2.55 bits per heavy atom. The summed E-state index contributed by atoms with van der Waals surface area (Å²) in [6.07, 6.45) is 0. The van der Waals surface area contributed by atoms with E-state index < -0.39 is 0 Å². The average molecular weight is 293 g/mol. The van der Waals surface area contributed by atoms with Gasteiger partial charge in [0.05, 0.1) is 5.39 Å². The molecule has 3 aromatic rings.